The van der Waals surface area contributed by atoms with Crippen molar-refractivity contribution in [2.24, 2.45) is 0 Å². The number of hydrogen-bond acceptors (Lipinski definition) is 6. The third-order valence-electron chi connectivity index (χ3n) is 3.61. The number of benzene rings is 1. The van der Waals surface area contributed by atoms with Crippen LogP contribution in [0.4, 0.5) is 5.69 Å². The standard InChI is InChI=1S/C15H22N2O6S/c1-11-15(18)16-13-10-12(4-5-14(13)23-11)24(19,20)17(6-8-21-2)7-9-22-3/h4-5,10-11H,6-9H2,1-3H3,(H,16,18). The van der Waals surface area contributed by atoms with E-state index in [-0.39, 0.29) is 37.1 Å². The van der Waals surface area contributed by atoms with Crippen molar-refractivity contribution in [3.05, 3.63) is 18.2 Å². The second-order valence-electron chi connectivity index (χ2n) is 5.30. The van der Waals surface area contributed by atoms with Gasteiger partial charge in [0.15, 0.2) is 6.10 Å². The highest BCUT2D eigenvalue weighted by molar-refractivity contribution is 7.89. The molecule has 0 aliphatic carbocycles. The molecule has 0 radical (unpaired) electrons. The molecule has 1 amide bonds. The molecular formula is C15H22N2O6S. The van der Waals surface area contributed by atoms with Gasteiger partial charge in [-0.1, -0.05) is 0 Å². The molecule has 1 aromatic carbocycles. The van der Waals surface area contributed by atoms with Gasteiger partial charge in [0, 0.05) is 27.3 Å². The molecule has 0 saturated carbocycles. The molecule has 2 rings (SSSR count). The van der Waals surface area contributed by atoms with E-state index in [0.717, 1.165) is 0 Å². The van der Waals surface area contributed by atoms with E-state index in [0.29, 0.717) is 11.4 Å². The van der Waals surface area contributed by atoms with Crippen LogP contribution in [0.1, 0.15) is 6.92 Å². The highest BCUT2D eigenvalue weighted by atomic mass is 32.2. The topological polar surface area (TPSA) is 94.2 Å². The summed E-state index contributed by atoms with van der Waals surface area (Å²) in [6.07, 6.45) is -0.611. The number of hydrogen-bond donors (Lipinski definition) is 1. The lowest BCUT2D eigenvalue weighted by molar-refractivity contribution is -0.122. The molecule has 134 valence electrons. The maximum Gasteiger partial charge on any atom is 0.265 e. The van der Waals surface area contributed by atoms with Crippen LogP contribution in [0.2, 0.25) is 0 Å². The van der Waals surface area contributed by atoms with Crippen LogP contribution < -0.4 is 10.1 Å². The van der Waals surface area contributed by atoms with Gasteiger partial charge in [0.25, 0.3) is 5.91 Å². The fourth-order valence-corrected chi connectivity index (χ4v) is 3.67. The second-order valence-corrected chi connectivity index (χ2v) is 7.23. The Bertz CT molecular complexity index is 683. The number of nitrogens with zero attached hydrogens (tertiary/aromatic N) is 1. The van der Waals surface area contributed by atoms with Crippen LogP contribution >= 0.6 is 0 Å². The van der Waals surface area contributed by atoms with Gasteiger partial charge in [-0.2, -0.15) is 4.31 Å². The molecule has 1 aromatic rings. The van der Waals surface area contributed by atoms with E-state index in [1.807, 2.05) is 0 Å². The largest absolute Gasteiger partial charge is 0.479 e. The van der Waals surface area contributed by atoms with Crippen LogP contribution in [-0.2, 0) is 24.3 Å². The smallest absolute Gasteiger partial charge is 0.265 e. The third kappa shape index (κ3) is 4.04. The van der Waals surface area contributed by atoms with Gasteiger partial charge in [0.05, 0.1) is 23.8 Å². The second kappa shape index (κ2) is 7.93. The molecule has 1 unspecified atom stereocenters. The first-order valence-corrected chi connectivity index (χ1v) is 8.93. The molecule has 0 fully saturated rings. The lowest BCUT2D eigenvalue weighted by atomic mass is 10.2. The number of rotatable bonds is 8. The molecule has 0 saturated heterocycles. The van der Waals surface area contributed by atoms with E-state index in [1.165, 1.54) is 30.7 Å². The highest BCUT2D eigenvalue weighted by Gasteiger charge is 2.28. The summed E-state index contributed by atoms with van der Waals surface area (Å²) in [6, 6.07) is 4.41. The van der Waals surface area contributed by atoms with Crippen LogP contribution in [0.3, 0.4) is 0 Å². The maximum absolute atomic E-state index is 12.8. The van der Waals surface area contributed by atoms with Crippen molar-refractivity contribution in [3.63, 3.8) is 0 Å². The molecule has 24 heavy (non-hydrogen) atoms. The van der Waals surface area contributed by atoms with Crippen LogP contribution in [-0.4, -0.2) is 65.3 Å². The molecule has 1 aliphatic heterocycles. The molecule has 0 aromatic heterocycles. The molecule has 1 atom stereocenters. The monoisotopic (exact) mass is 358 g/mol. The van der Waals surface area contributed by atoms with Crippen LogP contribution in [0.15, 0.2) is 23.1 Å². The Morgan fingerprint density at radius 3 is 2.42 bits per heavy atom. The number of nitrogens with one attached hydrogen (secondary N) is 1. The number of fused-ring (bicyclic) bond motifs is 1. The first kappa shape index (κ1) is 18.7. The van der Waals surface area contributed by atoms with Crippen molar-refractivity contribution in [2.75, 3.05) is 45.8 Å². The quantitative estimate of drug-likeness (QED) is 0.735. The van der Waals surface area contributed by atoms with E-state index in [1.54, 1.807) is 13.0 Å². The molecule has 0 bridgehead atoms. The number of amides is 1. The lowest BCUT2D eigenvalue weighted by Crippen LogP contribution is -2.37. The van der Waals surface area contributed by atoms with Crippen molar-refractivity contribution in [1.82, 2.24) is 4.31 Å². The van der Waals surface area contributed by atoms with Gasteiger partial charge in [0.1, 0.15) is 5.75 Å². The van der Waals surface area contributed by atoms with Crippen molar-refractivity contribution in [1.29, 1.82) is 0 Å². The predicted molar refractivity (Wildman–Crippen MR) is 87.7 cm³/mol. The molecule has 1 heterocycles. The zero-order chi connectivity index (χ0) is 17.7. The average molecular weight is 358 g/mol. The van der Waals surface area contributed by atoms with Crippen molar-refractivity contribution < 1.29 is 27.4 Å². The Kier molecular flexibility index (Phi) is 6.16. The van der Waals surface area contributed by atoms with E-state index in [9.17, 15) is 13.2 Å². The molecular weight excluding hydrogens is 336 g/mol. The van der Waals surface area contributed by atoms with Gasteiger partial charge in [0.2, 0.25) is 10.0 Å². The van der Waals surface area contributed by atoms with Gasteiger partial charge in [-0.3, -0.25) is 4.79 Å². The summed E-state index contributed by atoms with van der Waals surface area (Å²) in [5.41, 5.74) is 0.345. The molecule has 8 nitrogen and oxygen atoms in total. The van der Waals surface area contributed by atoms with Crippen LogP contribution in [0.5, 0.6) is 5.75 Å². The summed E-state index contributed by atoms with van der Waals surface area (Å²) in [5.74, 6) is 0.133. The van der Waals surface area contributed by atoms with Gasteiger partial charge in [-0.05, 0) is 25.1 Å². The summed E-state index contributed by atoms with van der Waals surface area (Å²) in [5, 5.41) is 2.65. The van der Waals surface area contributed by atoms with E-state index >= 15 is 0 Å². The number of carbonyl (C=O) groups excluding carboxylic acids is 1. The minimum atomic E-state index is -3.74. The van der Waals surface area contributed by atoms with Gasteiger partial charge < -0.3 is 19.5 Å². The Hall–Kier alpha value is -1.68. The zero-order valence-electron chi connectivity index (χ0n) is 13.9. The highest BCUT2D eigenvalue weighted by Crippen LogP contribution is 2.32. The third-order valence-corrected chi connectivity index (χ3v) is 5.50. The summed E-state index contributed by atoms with van der Waals surface area (Å²) in [6.45, 7) is 2.58. The van der Waals surface area contributed by atoms with Crippen molar-refractivity contribution in [3.8, 4) is 5.75 Å². The number of methoxy groups -OCH3 is 2. The Morgan fingerprint density at radius 2 is 1.83 bits per heavy atom. The lowest BCUT2D eigenvalue weighted by Gasteiger charge is -2.25. The van der Waals surface area contributed by atoms with Gasteiger partial charge in [-0.25, -0.2) is 8.42 Å². The number of ether oxygens (including phenoxy) is 3. The predicted octanol–water partition coefficient (Wildman–Crippen LogP) is 0.689. The molecule has 1 N–H and O–H groups in total. The van der Waals surface area contributed by atoms with Gasteiger partial charge >= 0.3 is 0 Å². The SMILES string of the molecule is COCCN(CCOC)S(=O)(=O)c1ccc2c(c1)NC(=O)C(C)O2. The van der Waals surface area contributed by atoms with Crippen LogP contribution in [0.25, 0.3) is 0 Å². The number of sulfonamides is 1. The summed E-state index contributed by atoms with van der Waals surface area (Å²) >= 11 is 0. The minimum Gasteiger partial charge on any atom is -0.479 e. The number of anilines is 1. The summed E-state index contributed by atoms with van der Waals surface area (Å²) in [4.78, 5) is 11.8. The molecule has 1 aliphatic rings. The fourth-order valence-electron chi connectivity index (χ4n) is 2.24. The Morgan fingerprint density at radius 1 is 1.21 bits per heavy atom. The van der Waals surface area contributed by atoms with Crippen molar-refractivity contribution >= 4 is 21.6 Å². The molecule has 9 heteroatoms. The molecule has 0 spiro atoms. The van der Waals surface area contributed by atoms with Crippen LogP contribution in [0, 0.1) is 0 Å². The van der Waals surface area contributed by atoms with Crippen molar-refractivity contribution in [2.45, 2.75) is 17.9 Å². The first-order valence-electron chi connectivity index (χ1n) is 7.49. The zero-order valence-corrected chi connectivity index (χ0v) is 14.8. The van der Waals surface area contributed by atoms with E-state index < -0.39 is 16.1 Å². The normalized spacial score (nSPS) is 17.3. The van der Waals surface area contributed by atoms with Gasteiger partial charge in [-0.15, -0.1) is 0 Å². The average Bonchev–Trinajstić information content (AvgIpc) is 2.55. The summed E-state index contributed by atoms with van der Waals surface area (Å²) < 4.78 is 42.4. The minimum absolute atomic E-state index is 0.0758. The fraction of sp³-hybridized carbons (Fsp3) is 0.533. The van der Waals surface area contributed by atoms with E-state index in [2.05, 4.69) is 5.32 Å². The first-order chi connectivity index (χ1) is 11.4. The number of carbonyl (C=O) groups is 1. The Balaban J connectivity index is 2.30. The maximum atomic E-state index is 12.8. The van der Waals surface area contributed by atoms with E-state index in [4.69, 9.17) is 14.2 Å². The summed E-state index contributed by atoms with van der Waals surface area (Å²) in [7, 11) is -0.728. The Labute approximate surface area is 141 Å².